The van der Waals surface area contributed by atoms with Crippen molar-refractivity contribution in [3.63, 3.8) is 0 Å². The first kappa shape index (κ1) is 11.7. The summed E-state index contributed by atoms with van der Waals surface area (Å²) in [7, 11) is 1.47. The van der Waals surface area contributed by atoms with E-state index >= 15 is 0 Å². The molecule has 1 amide bonds. The van der Waals surface area contributed by atoms with E-state index in [1.807, 2.05) is 0 Å². The molecule has 0 radical (unpaired) electrons. The summed E-state index contributed by atoms with van der Waals surface area (Å²) in [5.41, 5.74) is 6.41. The van der Waals surface area contributed by atoms with Crippen LogP contribution in [0.1, 0.15) is 10.5 Å². The fraction of sp³-hybridized carbons (Fsp3) is 0.455. The third-order valence-corrected chi connectivity index (χ3v) is 2.60. The van der Waals surface area contributed by atoms with Crippen LogP contribution < -0.4 is 10.5 Å². The molecule has 1 fully saturated rings. The summed E-state index contributed by atoms with van der Waals surface area (Å²) in [6.45, 7) is 2.32. The topological polar surface area (TPSA) is 77.7 Å². The molecule has 1 aromatic rings. The van der Waals surface area contributed by atoms with Crippen LogP contribution >= 0.6 is 0 Å². The summed E-state index contributed by atoms with van der Waals surface area (Å²) in [6.07, 6.45) is 0. The molecule has 92 valence electrons. The molecule has 0 aliphatic carbocycles. The SMILES string of the molecule is COc1nc(C(=O)N2CCOCC2)ccc1N. The van der Waals surface area contributed by atoms with Crippen molar-refractivity contribution >= 4 is 11.6 Å². The number of amides is 1. The molecule has 2 rings (SSSR count). The molecule has 1 saturated heterocycles. The zero-order valence-electron chi connectivity index (χ0n) is 9.68. The van der Waals surface area contributed by atoms with Gasteiger partial charge in [-0.1, -0.05) is 0 Å². The van der Waals surface area contributed by atoms with Gasteiger partial charge in [-0.25, -0.2) is 4.98 Å². The first-order chi connectivity index (χ1) is 8.22. The predicted octanol–water partition coefficient (Wildman–Crippen LogP) is 0.145. The molecule has 2 N–H and O–H groups in total. The number of rotatable bonds is 2. The highest BCUT2D eigenvalue weighted by molar-refractivity contribution is 5.92. The number of nitrogens with zero attached hydrogens (tertiary/aromatic N) is 2. The van der Waals surface area contributed by atoms with Crippen molar-refractivity contribution in [3.05, 3.63) is 17.8 Å². The second-order valence-electron chi connectivity index (χ2n) is 3.70. The molecule has 0 saturated carbocycles. The lowest BCUT2D eigenvalue weighted by Gasteiger charge is -2.26. The van der Waals surface area contributed by atoms with E-state index in [0.717, 1.165) is 0 Å². The number of carbonyl (C=O) groups is 1. The van der Waals surface area contributed by atoms with Crippen molar-refractivity contribution < 1.29 is 14.3 Å². The Hall–Kier alpha value is -1.82. The van der Waals surface area contributed by atoms with Crippen LogP contribution in [0.15, 0.2) is 12.1 Å². The van der Waals surface area contributed by atoms with Gasteiger partial charge in [0.1, 0.15) is 5.69 Å². The number of carbonyl (C=O) groups excluding carboxylic acids is 1. The molecule has 17 heavy (non-hydrogen) atoms. The summed E-state index contributed by atoms with van der Waals surface area (Å²) in [4.78, 5) is 17.9. The summed E-state index contributed by atoms with van der Waals surface area (Å²) >= 11 is 0. The Morgan fingerprint density at radius 3 is 2.82 bits per heavy atom. The first-order valence-corrected chi connectivity index (χ1v) is 5.40. The summed E-state index contributed by atoms with van der Waals surface area (Å²) < 4.78 is 10.2. The van der Waals surface area contributed by atoms with Crippen LogP contribution in [-0.4, -0.2) is 49.2 Å². The van der Waals surface area contributed by atoms with Gasteiger partial charge in [-0.05, 0) is 12.1 Å². The van der Waals surface area contributed by atoms with Crippen molar-refractivity contribution in [1.29, 1.82) is 0 Å². The number of aromatic nitrogens is 1. The van der Waals surface area contributed by atoms with E-state index in [1.165, 1.54) is 7.11 Å². The molecule has 2 heterocycles. The van der Waals surface area contributed by atoms with E-state index in [4.69, 9.17) is 15.2 Å². The summed E-state index contributed by atoms with van der Waals surface area (Å²) in [6, 6.07) is 3.23. The molecule has 0 bridgehead atoms. The fourth-order valence-electron chi connectivity index (χ4n) is 1.66. The lowest BCUT2D eigenvalue weighted by atomic mass is 10.3. The lowest BCUT2D eigenvalue weighted by Crippen LogP contribution is -2.41. The highest BCUT2D eigenvalue weighted by Gasteiger charge is 2.20. The molecule has 0 atom stereocenters. The van der Waals surface area contributed by atoms with E-state index in [2.05, 4.69) is 4.98 Å². The molecule has 1 aliphatic heterocycles. The monoisotopic (exact) mass is 237 g/mol. The summed E-state index contributed by atoms with van der Waals surface area (Å²) in [5.74, 6) is 0.163. The molecule has 6 nitrogen and oxygen atoms in total. The van der Waals surface area contributed by atoms with Crippen LogP contribution in [0.3, 0.4) is 0 Å². The molecular formula is C11H15N3O3. The van der Waals surface area contributed by atoms with E-state index in [0.29, 0.717) is 37.7 Å². The van der Waals surface area contributed by atoms with E-state index < -0.39 is 0 Å². The van der Waals surface area contributed by atoms with Crippen molar-refractivity contribution in [3.8, 4) is 5.88 Å². The van der Waals surface area contributed by atoms with Crippen LogP contribution in [0.25, 0.3) is 0 Å². The van der Waals surface area contributed by atoms with Gasteiger partial charge in [-0.3, -0.25) is 4.79 Å². The van der Waals surface area contributed by atoms with E-state index in [1.54, 1.807) is 17.0 Å². The second-order valence-corrected chi connectivity index (χ2v) is 3.70. The minimum atomic E-state index is -0.119. The molecule has 6 heteroatoms. The van der Waals surface area contributed by atoms with Crippen LogP contribution in [0.2, 0.25) is 0 Å². The van der Waals surface area contributed by atoms with Crippen molar-refractivity contribution in [2.75, 3.05) is 39.1 Å². The maximum Gasteiger partial charge on any atom is 0.272 e. The normalized spacial score (nSPS) is 15.7. The Morgan fingerprint density at radius 2 is 2.18 bits per heavy atom. The molecule has 1 aromatic heterocycles. The van der Waals surface area contributed by atoms with Crippen LogP contribution in [0, 0.1) is 0 Å². The number of pyridine rings is 1. The third-order valence-electron chi connectivity index (χ3n) is 2.60. The first-order valence-electron chi connectivity index (χ1n) is 5.40. The molecule has 0 spiro atoms. The number of anilines is 1. The Balaban J connectivity index is 2.18. The standard InChI is InChI=1S/C11H15N3O3/c1-16-10-8(12)2-3-9(13-10)11(15)14-4-6-17-7-5-14/h2-3H,4-7,12H2,1H3. The molecule has 0 unspecified atom stereocenters. The number of nitrogen functional groups attached to an aromatic ring is 1. The minimum absolute atomic E-state index is 0.119. The van der Waals surface area contributed by atoms with Crippen LogP contribution in [-0.2, 0) is 4.74 Å². The van der Waals surface area contributed by atoms with Crippen LogP contribution in [0.4, 0.5) is 5.69 Å². The third kappa shape index (κ3) is 2.47. The van der Waals surface area contributed by atoms with E-state index in [9.17, 15) is 4.79 Å². The number of hydrogen-bond acceptors (Lipinski definition) is 5. The van der Waals surface area contributed by atoms with Gasteiger partial charge in [-0.2, -0.15) is 0 Å². The number of hydrogen-bond donors (Lipinski definition) is 1. The highest BCUT2D eigenvalue weighted by atomic mass is 16.5. The van der Waals surface area contributed by atoms with Gasteiger partial charge in [0.2, 0.25) is 5.88 Å². The lowest BCUT2D eigenvalue weighted by molar-refractivity contribution is 0.0298. The smallest absolute Gasteiger partial charge is 0.272 e. The van der Waals surface area contributed by atoms with Gasteiger partial charge in [0, 0.05) is 13.1 Å². The highest BCUT2D eigenvalue weighted by Crippen LogP contribution is 2.18. The van der Waals surface area contributed by atoms with Gasteiger partial charge in [0.05, 0.1) is 26.0 Å². The molecule has 0 aromatic carbocycles. The number of methoxy groups -OCH3 is 1. The minimum Gasteiger partial charge on any atom is -0.480 e. The Kier molecular flexibility index (Phi) is 3.43. The summed E-state index contributed by atoms with van der Waals surface area (Å²) in [5, 5.41) is 0. The zero-order valence-corrected chi connectivity index (χ0v) is 9.68. The average Bonchev–Trinajstić information content (AvgIpc) is 2.39. The van der Waals surface area contributed by atoms with E-state index in [-0.39, 0.29) is 11.8 Å². The Bertz CT molecular complexity index is 416. The Morgan fingerprint density at radius 1 is 1.47 bits per heavy atom. The average molecular weight is 237 g/mol. The van der Waals surface area contributed by atoms with Gasteiger partial charge < -0.3 is 20.1 Å². The second kappa shape index (κ2) is 5.01. The predicted molar refractivity (Wildman–Crippen MR) is 61.9 cm³/mol. The van der Waals surface area contributed by atoms with Crippen molar-refractivity contribution in [2.45, 2.75) is 0 Å². The quantitative estimate of drug-likeness (QED) is 0.792. The van der Waals surface area contributed by atoms with Gasteiger partial charge in [0.15, 0.2) is 0 Å². The molecule has 1 aliphatic rings. The van der Waals surface area contributed by atoms with Gasteiger partial charge in [0.25, 0.3) is 5.91 Å². The maximum absolute atomic E-state index is 12.1. The maximum atomic E-state index is 12.1. The van der Waals surface area contributed by atoms with Crippen molar-refractivity contribution in [1.82, 2.24) is 9.88 Å². The van der Waals surface area contributed by atoms with Gasteiger partial charge in [-0.15, -0.1) is 0 Å². The number of morpholine rings is 1. The fourth-order valence-corrected chi connectivity index (χ4v) is 1.66. The van der Waals surface area contributed by atoms with Crippen molar-refractivity contribution in [2.24, 2.45) is 0 Å². The zero-order chi connectivity index (χ0) is 12.3. The molecular weight excluding hydrogens is 222 g/mol. The van der Waals surface area contributed by atoms with Gasteiger partial charge >= 0.3 is 0 Å². The largest absolute Gasteiger partial charge is 0.480 e. The number of ether oxygens (including phenoxy) is 2. The number of nitrogens with two attached hydrogens (primary N) is 1. The van der Waals surface area contributed by atoms with Crippen LogP contribution in [0.5, 0.6) is 5.88 Å². The Labute approximate surface area is 99.3 Å².